The quantitative estimate of drug-likeness (QED) is 0.888. The Morgan fingerprint density at radius 1 is 1.19 bits per heavy atom. The number of rotatable bonds is 5. The molecule has 0 aliphatic rings. The van der Waals surface area contributed by atoms with Crippen LogP contribution in [0.1, 0.15) is 5.56 Å². The summed E-state index contributed by atoms with van der Waals surface area (Å²) >= 11 is 0. The summed E-state index contributed by atoms with van der Waals surface area (Å²) in [5.41, 5.74) is 6.97. The van der Waals surface area contributed by atoms with Crippen molar-refractivity contribution in [3.05, 3.63) is 59.9 Å². The minimum atomic E-state index is -1.59. The van der Waals surface area contributed by atoms with Gasteiger partial charge in [-0.05, 0) is 29.8 Å². The molecule has 0 aliphatic carbocycles. The molecule has 1 unspecified atom stereocenters. The summed E-state index contributed by atoms with van der Waals surface area (Å²) in [6.45, 7) is 0.295. The Bertz CT molecular complexity index is 676. The van der Waals surface area contributed by atoms with Crippen molar-refractivity contribution >= 4 is 22.4 Å². The molecule has 2 aromatic rings. The Labute approximate surface area is 124 Å². The van der Waals surface area contributed by atoms with Crippen LogP contribution in [-0.4, -0.2) is 15.9 Å². The van der Waals surface area contributed by atoms with E-state index in [2.05, 4.69) is 5.32 Å². The molecular weight excluding hydrogens is 291 g/mol. The second-order valence-electron chi connectivity index (χ2n) is 4.36. The van der Waals surface area contributed by atoms with Gasteiger partial charge >= 0.3 is 0 Å². The van der Waals surface area contributed by atoms with Gasteiger partial charge in [0, 0.05) is 17.1 Å². The number of halogens is 1. The number of nitrogens with one attached hydrogen (secondary N) is 1. The van der Waals surface area contributed by atoms with Crippen LogP contribution in [0.2, 0.25) is 0 Å². The number of benzene rings is 2. The highest BCUT2D eigenvalue weighted by Crippen LogP contribution is 2.15. The Morgan fingerprint density at radius 3 is 2.67 bits per heavy atom. The number of anilines is 1. The van der Waals surface area contributed by atoms with E-state index >= 15 is 0 Å². The zero-order valence-electron chi connectivity index (χ0n) is 11.2. The normalized spacial score (nSPS) is 11.9. The average molecular weight is 306 g/mol. The number of carbonyl (C=O) groups is 1. The molecule has 0 radical (unpaired) electrons. The van der Waals surface area contributed by atoms with Crippen molar-refractivity contribution in [1.29, 1.82) is 0 Å². The molecule has 2 aromatic carbocycles. The van der Waals surface area contributed by atoms with E-state index in [0.717, 1.165) is 11.6 Å². The summed E-state index contributed by atoms with van der Waals surface area (Å²) in [5, 5.41) is 2.67. The first-order chi connectivity index (χ1) is 10.1. The van der Waals surface area contributed by atoms with Gasteiger partial charge < -0.3 is 11.1 Å². The lowest BCUT2D eigenvalue weighted by Crippen LogP contribution is -2.20. The van der Waals surface area contributed by atoms with Crippen molar-refractivity contribution in [3.8, 4) is 0 Å². The highest BCUT2D eigenvalue weighted by atomic mass is 32.2. The zero-order valence-corrected chi connectivity index (χ0v) is 12.0. The van der Waals surface area contributed by atoms with Gasteiger partial charge in [0.2, 0.25) is 5.91 Å². The third-order valence-corrected chi connectivity index (χ3v) is 4.14. The van der Waals surface area contributed by atoms with Crippen molar-refractivity contribution in [1.82, 2.24) is 0 Å². The second kappa shape index (κ2) is 7.10. The predicted molar refractivity (Wildman–Crippen MR) is 80.6 cm³/mol. The van der Waals surface area contributed by atoms with E-state index in [9.17, 15) is 13.4 Å². The van der Waals surface area contributed by atoms with E-state index in [1.165, 1.54) is 18.2 Å². The van der Waals surface area contributed by atoms with Crippen molar-refractivity contribution in [2.75, 3.05) is 11.1 Å². The number of hydrogen-bond acceptors (Lipinski definition) is 3. The molecule has 0 saturated carbocycles. The van der Waals surface area contributed by atoms with E-state index in [1.807, 2.05) is 6.07 Å². The molecule has 110 valence electrons. The Morgan fingerprint density at radius 2 is 1.95 bits per heavy atom. The smallest absolute Gasteiger partial charge is 0.237 e. The minimum absolute atomic E-state index is 0.234. The van der Waals surface area contributed by atoms with Crippen LogP contribution in [0.15, 0.2) is 53.4 Å². The van der Waals surface area contributed by atoms with Crippen LogP contribution in [0.25, 0.3) is 0 Å². The van der Waals surface area contributed by atoms with Gasteiger partial charge in [-0.1, -0.05) is 24.3 Å². The molecule has 3 N–H and O–H groups in total. The first-order valence-corrected chi connectivity index (χ1v) is 7.64. The molecule has 21 heavy (non-hydrogen) atoms. The second-order valence-corrected chi connectivity index (χ2v) is 5.81. The molecule has 1 amide bonds. The van der Waals surface area contributed by atoms with Crippen LogP contribution in [0.3, 0.4) is 0 Å². The number of carbonyl (C=O) groups excluding carboxylic acids is 1. The predicted octanol–water partition coefficient (Wildman–Crippen LogP) is 2.03. The zero-order chi connectivity index (χ0) is 15.2. The van der Waals surface area contributed by atoms with Gasteiger partial charge in [-0.25, -0.2) is 4.39 Å². The van der Waals surface area contributed by atoms with Gasteiger partial charge in [0.05, 0.1) is 10.8 Å². The molecule has 0 spiro atoms. The van der Waals surface area contributed by atoms with Crippen LogP contribution in [0.5, 0.6) is 0 Å². The molecule has 0 fully saturated rings. The molecule has 4 nitrogen and oxygen atoms in total. The first kappa shape index (κ1) is 15.3. The standard InChI is InChI=1S/C15H15FN2O2S/c16-12-5-3-6-13(8-12)21(20)10-15(19)18-14-7-2-1-4-11(14)9-17/h1-8H,9-10,17H2,(H,18,19). The van der Waals surface area contributed by atoms with E-state index < -0.39 is 22.5 Å². The van der Waals surface area contributed by atoms with Gasteiger partial charge in [-0.2, -0.15) is 0 Å². The third kappa shape index (κ3) is 4.21. The molecule has 0 heterocycles. The summed E-state index contributed by atoms with van der Waals surface area (Å²) < 4.78 is 25.1. The Hall–Kier alpha value is -2.05. The van der Waals surface area contributed by atoms with Gasteiger partial charge in [0.15, 0.2) is 0 Å². The fourth-order valence-electron chi connectivity index (χ4n) is 1.82. The molecular formula is C15H15FN2O2S. The summed E-state index contributed by atoms with van der Waals surface area (Å²) in [4.78, 5) is 12.2. The summed E-state index contributed by atoms with van der Waals surface area (Å²) in [6.07, 6.45) is 0. The number of amides is 1. The summed E-state index contributed by atoms with van der Waals surface area (Å²) in [7, 11) is -1.59. The van der Waals surface area contributed by atoms with E-state index in [1.54, 1.807) is 18.2 Å². The number of hydrogen-bond donors (Lipinski definition) is 2. The molecule has 0 aromatic heterocycles. The van der Waals surface area contributed by atoms with Crippen molar-refractivity contribution in [2.24, 2.45) is 5.73 Å². The number of para-hydroxylation sites is 1. The lowest BCUT2D eigenvalue weighted by Gasteiger charge is -2.09. The Kier molecular flexibility index (Phi) is 5.19. The van der Waals surface area contributed by atoms with E-state index in [4.69, 9.17) is 5.73 Å². The fraction of sp³-hybridized carbons (Fsp3) is 0.133. The van der Waals surface area contributed by atoms with Gasteiger partial charge in [0.25, 0.3) is 0 Å². The van der Waals surface area contributed by atoms with Crippen LogP contribution in [-0.2, 0) is 22.1 Å². The average Bonchev–Trinajstić information content (AvgIpc) is 2.47. The maximum absolute atomic E-state index is 13.1. The van der Waals surface area contributed by atoms with Crippen molar-refractivity contribution < 1.29 is 13.4 Å². The highest BCUT2D eigenvalue weighted by molar-refractivity contribution is 7.85. The van der Waals surface area contributed by atoms with Crippen LogP contribution < -0.4 is 11.1 Å². The van der Waals surface area contributed by atoms with E-state index in [0.29, 0.717) is 12.2 Å². The monoisotopic (exact) mass is 306 g/mol. The molecule has 0 bridgehead atoms. The van der Waals surface area contributed by atoms with Crippen LogP contribution in [0, 0.1) is 5.82 Å². The summed E-state index contributed by atoms with van der Waals surface area (Å²) in [6, 6.07) is 12.5. The van der Waals surface area contributed by atoms with Crippen LogP contribution in [0.4, 0.5) is 10.1 Å². The van der Waals surface area contributed by atoms with Gasteiger partial charge in [0.1, 0.15) is 11.6 Å². The lowest BCUT2D eigenvalue weighted by atomic mass is 10.2. The largest absolute Gasteiger partial charge is 0.326 e. The maximum Gasteiger partial charge on any atom is 0.237 e. The van der Waals surface area contributed by atoms with Crippen molar-refractivity contribution in [2.45, 2.75) is 11.4 Å². The minimum Gasteiger partial charge on any atom is -0.326 e. The lowest BCUT2D eigenvalue weighted by molar-refractivity contribution is -0.113. The SMILES string of the molecule is NCc1ccccc1NC(=O)CS(=O)c1cccc(F)c1. The van der Waals surface area contributed by atoms with Crippen LogP contribution >= 0.6 is 0 Å². The molecule has 1 atom stereocenters. The highest BCUT2D eigenvalue weighted by Gasteiger charge is 2.12. The van der Waals surface area contributed by atoms with Crippen molar-refractivity contribution in [3.63, 3.8) is 0 Å². The van der Waals surface area contributed by atoms with Gasteiger partial charge in [-0.15, -0.1) is 0 Å². The molecule has 0 aliphatic heterocycles. The first-order valence-electron chi connectivity index (χ1n) is 6.32. The van der Waals surface area contributed by atoms with E-state index in [-0.39, 0.29) is 10.6 Å². The van der Waals surface area contributed by atoms with Gasteiger partial charge in [-0.3, -0.25) is 9.00 Å². The third-order valence-electron chi connectivity index (χ3n) is 2.83. The maximum atomic E-state index is 13.1. The molecule has 2 rings (SSSR count). The summed E-state index contributed by atoms with van der Waals surface area (Å²) in [5.74, 6) is -1.12. The fourth-order valence-corrected chi connectivity index (χ4v) is 2.77. The topological polar surface area (TPSA) is 72.2 Å². The number of nitrogens with two attached hydrogens (primary N) is 1. The molecule has 6 heteroatoms. The Balaban J connectivity index is 2.03. The molecule has 0 saturated heterocycles.